The van der Waals surface area contributed by atoms with E-state index in [-0.39, 0.29) is 0 Å². The average molecular weight is 273 g/mol. The second-order valence-corrected chi connectivity index (χ2v) is 4.31. The van der Waals surface area contributed by atoms with E-state index in [0.29, 0.717) is 25.0 Å². The van der Waals surface area contributed by atoms with Crippen LogP contribution in [0.1, 0.15) is 18.2 Å². The zero-order valence-electron chi connectivity index (χ0n) is 12.0. The van der Waals surface area contributed by atoms with Crippen LogP contribution in [0.2, 0.25) is 0 Å². The molecule has 1 N–H and O–H groups in total. The minimum Gasteiger partial charge on any atom is -0.497 e. The van der Waals surface area contributed by atoms with E-state index < -0.39 is 0 Å². The summed E-state index contributed by atoms with van der Waals surface area (Å²) in [6.07, 6.45) is 0. The highest BCUT2D eigenvalue weighted by Crippen LogP contribution is 2.14. The third kappa shape index (κ3) is 3.85. The Hall–Kier alpha value is -2.30. The molecule has 0 atom stereocenters. The standard InChI is InChI=1S/C15H19N3O2/c1-4-20-14-9-11(2)17-15(18-14)16-10-12-5-7-13(19-3)8-6-12/h5-9H,4,10H2,1-3H3,(H,16,17,18). The molecule has 0 saturated heterocycles. The Balaban J connectivity index is 2.02. The second kappa shape index (κ2) is 6.75. The molecule has 0 spiro atoms. The number of hydrogen-bond acceptors (Lipinski definition) is 5. The Morgan fingerprint density at radius 3 is 2.55 bits per heavy atom. The number of methoxy groups -OCH3 is 1. The van der Waals surface area contributed by atoms with Crippen LogP contribution in [0, 0.1) is 6.92 Å². The van der Waals surface area contributed by atoms with Gasteiger partial charge in [0.25, 0.3) is 0 Å². The number of nitrogens with zero attached hydrogens (tertiary/aromatic N) is 2. The fourth-order valence-electron chi connectivity index (χ4n) is 1.77. The highest BCUT2D eigenvalue weighted by molar-refractivity contribution is 5.34. The van der Waals surface area contributed by atoms with E-state index in [1.54, 1.807) is 7.11 Å². The summed E-state index contributed by atoms with van der Waals surface area (Å²) in [7, 11) is 1.66. The summed E-state index contributed by atoms with van der Waals surface area (Å²) in [6, 6.07) is 9.69. The zero-order chi connectivity index (χ0) is 14.4. The van der Waals surface area contributed by atoms with Crippen molar-refractivity contribution in [2.24, 2.45) is 0 Å². The molecule has 0 aliphatic heterocycles. The van der Waals surface area contributed by atoms with Crippen LogP contribution >= 0.6 is 0 Å². The average Bonchev–Trinajstić information content (AvgIpc) is 2.45. The Morgan fingerprint density at radius 1 is 1.15 bits per heavy atom. The fraction of sp³-hybridized carbons (Fsp3) is 0.333. The van der Waals surface area contributed by atoms with Gasteiger partial charge in [-0.25, -0.2) is 4.98 Å². The molecule has 20 heavy (non-hydrogen) atoms. The first-order chi connectivity index (χ1) is 9.71. The largest absolute Gasteiger partial charge is 0.497 e. The van der Waals surface area contributed by atoms with E-state index >= 15 is 0 Å². The van der Waals surface area contributed by atoms with Gasteiger partial charge in [-0.15, -0.1) is 0 Å². The lowest BCUT2D eigenvalue weighted by molar-refractivity contribution is 0.326. The molecule has 0 amide bonds. The van der Waals surface area contributed by atoms with Crippen LogP contribution in [-0.4, -0.2) is 23.7 Å². The Bertz CT molecular complexity index is 556. The van der Waals surface area contributed by atoms with Gasteiger partial charge in [-0.05, 0) is 31.5 Å². The molecular weight excluding hydrogens is 254 g/mol. The van der Waals surface area contributed by atoms with Crippen molar-refractivity contribution >= 4 is 5.95 Å². The minimum absolute atomic E-state index is 0.573. The quantitative estimate of drug-likeness (QED) is 0.877. The van der Waals surface area contributed by atoms with Gasteiger partial charge in [0.1, 0.15) is 5.75 Å². The Kier molecular flexibility index (Phi) is 4.76. The number of rotatable bonds is 6. The topological polar surface area (TPSA) is 56.3 Å². The van der Waals surface area contributed by atoms with Crippen LogP contribution in [0.25, 0.3) is 0 Å². The number of aromatic nitrogens is 2. The van der Waals surface area contributed by atoms with Gasteiger partial charge >= 0.3 is 0 Å². The summed E-state index contributed by atoms with van der Waals surface area (Å²) < 4.78 is 10.5. The van der Waals surface area contributed by atoms with E-state index in [9.17, 15) is 0 Å². The van der Waals surface area contributed by atoms with Crippen molar-refractivity contribution in [2.75, 3.05) is 19.0 Å². The molecule has 5 heteroatoms. The molecule has 0 saturated carbocycles. The second-order valence-electron chi connectivity index (χ2n) is 4.31. The van der Waals surface area contributed by atoms with Crippen molar-refractivity contribution in [3.8, 4) is 11.6 Å². The first kappa shape index (κ1) is 14.1. The zero-order valence-corrected chi connectivity index (χ0v) is 12.0. The molecule has 0 aliphatic rings. The third-order valence-corrected chi connectivity index (χ3v) is 2.73. The molecule has 0 bridgehead atoms. The molecule has 5 nitrogen and oxygen atoms in total. The van der Waals surface area contributed by atoms with Crippen LogP contribution in [-0.2, 0) is 6.54 Å². The van der Waals surface area contributed by atoms with Crippen LogP contribution in [0.4, 0.5) is 5.95 Å². The lowest BCUT2D eigenvalue weighted by Gasteiger charge is -2.09. The van der Waals surface area contributed by atoms with Gasteiger partial charge in [-0.2, -0.15) is 4.98 Å². The molecule has 0 aliphatic carbocycles. The predicted molar refractivity (Wildman–Crippen MR) is 78.3 cm³/mol. The highest BCUT2D eigenvalue weighted by Gasteiger charge is 2.03. The monoisotopic (exact) mass is 273 g/mol. The minimum atomic E-state index is 0.573. The molecule has 106 valence electrons. The molecule has 1 aromatic carbocycles. The molecule has 2 rings (SSSR count). The van der Waals surface area contributed by atoms with Crippen LogP contribution in [0.3, 0.4) is 0 Å². The molecular formula is C15H19N3O2. The molecule has 0 fully saturated rings. The number of anilines is 1. The van der Waals surface area contributed by atoms with E-state index in [1.807, 2.05) is 44.2 Å². The third-order valence-electron chi connectivity index (χ3n) is 2.73. The summed E-state index contributed by atoms with van der Waals surface area (Å²) in [5, 5.41) is 3.20. The number of aryl methyl sites for hydroxylation is 1. The van der Waals surface area contributed by atoms with Crippen molar-refractivity contribution in [3.63, 3.8) is 0 Å². The maximum Gasteiger partial charge on any atom is 0.226 e. The number of benzene rings is 1. The summed E-state index contributed by atoms with van der Waals surface area (Å²) >= 11 is 0. The lowest BCUT2D eigenvalue weighted by Crippen LogP contribution is -2.06. The molecule has 0 radical (unpaired) electrons. The van der Waals surface area contributed by atoms with Crippen molar-refractivity contribution in [2.45, 2.75) is 20.4 Å². The van der Waals surface area contributed by atoms with Crippen molar-refractivity contribution < 1.29 is 9.47 Å². The van der Waals surface area contributed by atoms with Crippen LogP contribution in [0.5, 0.6) is 11.6 Å². The molecule has 1 aromatic heterocycles. The van der Waals surface area contributed by atoms with Crippen molar-refractivity contribution in [1.82, 2.24) is 9.97 Å². The predicted octanol–water partition coefficient (Wildman–Crippen LogP) is 2.80. The van der Waals surface area contributed by atoms with Crippen LogP contribution < -0.4 is 14.8 Å². The maximum absolute atomic E-state index is 5.40. The molecule has 0 unspecified atom stereocenters. The van der Waals surface area contributed by atoms with E-state index in [2.05, 4.69) is 15.3 Å². The van der Waals surface area contributed by atoms with Gasteiger partial charge in [-0.1, -0.05) is 12.1 Å². The van der Waals surface area contributed by atoms with Gasteiger partial charge in [0, 0.05) is 18.3 Å². The molecule has 1 heterocycles. The van der Waals surface area contributed by atoms with E-state index in [0.717, 1.165) is 17.0 Å². The normalized spacial score (nSPS) is 10.2. The van der Waals surface area contributed by atoms with Gasteiger partial charge in [0.15, 0.2) is 0 Å². The number of ether oxygens (including phenoxy) is 2. The fourth-order valence-corrected chi connectivity index (χ4v) is 1.77. The SMILES string of the molecule is CCOc1cc(C)nc(NCc2ccc(OC)cc2)n1. The highest BCUT2D eigenvalue weighted by atomic mass is 16.5. The lowest BCUT2D eigenvalue weighted by atomic mass is 10.2. The van der Waals surface area contributed by atoms with E-state index in [1.165, 1.54) is 0 Å². The van der Waals surface area contributed by atoms with Gasteiger partial charge < -0.3 is 14.8 Å². The summed E-state index contributed by atoms with van der Waals surface area (Å²) in [5.41, 5.74) is 2.01. The van der Waals surface area contributed by atoms with Gasteiger partial charge in [0.2, 0.25) is 11.8 Å². The molecule has 2 aromatic rings. The summed E-state index contributed by atoms with van der Waals surface area (Å²) in [4.78, 5) is 8.64. The summed E-state index contributed by atoms with van der Waals surface area (Å²) in [6.45, 7) is 5.10. The van der Waals surface area contributed by atoms with Crippen molar-refractivity contribution in [3.05, 3.63) is 41.6 Å². The first-order valence-corrected chi connectivity index (χ1v) is 6.56. The summed E-state index contributed by atoms with van der Waals surface area (Å²) in [5.74, 6) is 2.01. The Morgan fingerprint density at radius 2 is 1.90 bits per heavy atom. The van der Waals surface area contributed by atoms with E-state index in [4.69, 9.17) is 9.47 Å². The first-order valence-electron chi connectivity index (χ1n) is 6.56. The van der Waals surface area contributed by atoms with Gasteiger partial charge in [-0.3, -0.25) is 0 Å². The van der Waals surface area contributed by atoms with Gasteiger partial charge in [0.05, 0.1) is 13.7 Å². The van der Waals surface area contributed by atoms with Crippen molar-refractivity contribution in [1.29, 1.82) is 0 Å². The van der Waals surface area contributed by atoms with Crippen LogP contribution in [0.15, 0.2) is 30.3 Å². The number of hydrogen-bond donors (Lipinski definition) is 1. The maximum atomic E-state index is 5.40. The number of nitrogens with one attached hydrogen (secondary N) is 1. The Labute approximate surface area is 119 Å². The smallest absolute Gasteiger partial charge is 0.226 e.